The predicted molar refractivity (Wildman–Crippen MR) is 152 cm³/mol. The number of methoxy groups -OCH3 is 1. The number of benzene rings is 2. The summed E-state index contributed by atoms with van der Waals surface area (Å²) in [4.78, 5) is 15.8. The molecular weight excluding hydrogens is 656 g/mol. The highest BCUT2D eigenvalue weighted by atomic mass is 79.9. The van der Waals surface area contributed by atoms with Crippen molar-refractivity contribution in [3.63, 3.8) is 0 Å². The second-order valence-electron chi connectivity index (χ2n) is 10.3. The highest BCUT2D eigenvalue weighted by Gasteiger charge is 2.52. The molecule has 15 heteroatoms. The van der Waals surface area contributed by atoms with Gasteiger partial charge in [-0.3, -0.25) is 4.79 Å². The third-order valence-corrected chi connectivity index (χ3v) is 8.56. The van der Waals surface area contributed by atoms with Gasteiger partial charge in [0.25, 0.3) is 5.91 Å². The number of hydrogen-bond donors (Lipinski definition) is 3. The van der Waals surface area contributed by atoms with Crippen LogP contribution in [0.2, 0.25) is 5.02 Å². The zero-order chi connectivity index (χ0) is 31.0. The molecule has 5 rings (SSSR count). The van der Waals surface area contributed by atoms with Crippen LogP contribution in [0.1, 0.15) is 30.9 Å². The first-order chi connectivity index (χ1) is 20.6. The van der Waals surface area contributed by atoms with Crippen LogP contribution in [0.25, 0.3) is 11.3 Å². The fourth-order valence-corrected chi connectivity index (χ4v) is 6.38. The number of aliphatic hydroxyl groups excluding tert-OH is 3. The first-order valence-corrected chi connectivity index (χ1v) is 14.5. The third-order valence-electron chi connectivity index (χ3n) is 7.81. The molecule has 228 valence electrons. The lowest BCUT2D eigenvalue weighted by molar-refractivity contribution is -0.211. The number of carbonyl (C=O) groups is 1. The van der Waals surface area contributed by atoms with E-state index >= 15 is 0 Å². The van der Waals surface area contributed by atoms with E-state index in [4.69, 9.17) is 21.1 Å². The van der Waals surface area contributed by atoms with Crippen molar-refractivity contribution >= 4 is 39.1 Å². The Labute approximate surface area is 258 Å². The molecule has 2 heterocycles. The number of anilines is 1. The van der Waals surface area contributed by atoms with Gasteiger partial charge in [0.15, 0.2) is 17.7 Å². The molecule has 43 heavy (non-hydrogen) atoms. The van der Waals surface area contributed by atoms with E-state index in [1.54, 1.807) is 12.1 Å². The fourth-order valence-electron chi connectivity index (χ4n) is 5.75. The number of carbonyl (C=O) groups excluding carboxylic acids is 1. The predicted octanol–water partition coefficient (Wildman–Crippen LogP) is 3.13. The molecule has 11 nitrogen and oxygen atoms in total. The highest BCUT2D eigenvalue weighted by Crippen LogP contribution is 2.38. The molecular formula is C28H27BrClF2N5O6. The van der Waals surface area contributed by atoms with Gasteiger partial charge in [0.2, 0.25) is 0 Å². The number of nitrogens with zero attached hydrogens (tertiary/aromatic N) is 5. The Hall–Kier alpha value is -3.03. The number of rotatable bonds is 7. The summed E-state index contributed by atoms with van der Waals surface area (Å²) in [5, 5.41) is 49.2. The Morgan fingerprint density at radius 2 is 2.05 bits per heavy atom. The van der Waals surface area contributed by atoms with E-state index in [0.29, 0.717) is 29.4 Å². The van der Waals surface area contributed by atoms with Crippen molar-refractivity contribution < 1.29 is 38.4 Å². The van der Waals surface area contributed by atoms with Gasteiger partial charge in [-0.1, -0.05) is 32.7 Å². The Bertz CT molecular complexity index is 1560. The van der Waals surface area contributed by atoms with Crippen LogP contribution in [0.5, 0.6) is 0 Å². The SMILES string of the molecule is COC1C(C(=O)N(c2cc(Br)cc(C#N)c2)[C@@H]2CCC[C@H]2O)OC(CO)C(O)C1n1cc(-c2ccc(Cl)c(F)c2F)nn1. The van der Waals surface area contributed by atoms with Gasteiger partial charge in [-0.05, 0) is 49.6 Å². The molecule has 1 aliphatic heterocycles. The van der Waals surface area contributed by atoms with Gasteiger partial charge in [-0.25, -0.2) is 13.5 Å². The second kappa shape index (κ2) is 12.9. The molecule has 2 fully saturated rings. The average molecular weight is 683 g/mol. The van der Waals surface area contributed by atoms with Crippen molar-refractivity contribution in [1.29, 1.82) is 5.26 Å². The van der Waals surface area contributed by atoms with Gasteiger partial charge >= 0.3 is 0 Å². The Morgan fingerprint density at radius 3 is 2.70 bits per heavy atom. The van der Waals surface area contributed by atoms with Gasteiger partial charge in [0.05, 0.1) is 41.6 Å². The smallest absolute Gasteiger partial charge is 0.259 e. The standard InChI is InChI=1S/C28H27BrClF2N5O6/c1-42-26-24(36-11-18(34-35-36)16-5-6-17(30)23(32)22(16)31)25(40)21(12-38)43-27(26)28(41)37(19-3-2-4-20(19)39)15-8-13(10-33)7-14(29)9-15/h5-9,11,19-21,24-27,38-40H,2-4,12H2,1H3/t19-,20-,21?,24?,25?,26?,27?/m1/s1. The minimum Gasteiger partial charge on any atom is -0.394 e. The molecule has 1 amide bonds. The summed E-state index contributed by atoms with van der Waals surface area (Å²) in [6, 6.07) is 7.33. The number of aromatic nitrogens is 3. The molecule has 0 bridgehead atoms. The van der Waals surface area contributed by atoms with E-state index in [1.807, 2.05) is 0 Å². The van der Waals surface area contributed by atoms with Gasteiger partial charge in [-0.2, -0.15) is 5.26 Å². The van der Waals surface area contributed by atoms with Gasteiger partial charge in [0, 0.05) is 22.8 Å². The molecule has 1 aliphatic carbocycles. The molecule has 1 saturated carbocycles. The van der Waals surface area contributed by atoms with E-state index in [0.717, 1.165) is 10.7 Å². The summed E-state index contributed by atoms with van der Waals surface area (Å²) in [5.41, 5.74) is 0.273. The molecule has 2 aromatic carbocycles. The molecule has 5 unspecified atom stereocenters. The van der Waals surface area contributed by atoms with E-state index in [-0.39, 0.29) is 16.8 Å². The summed E-state index contributed by atoms with van der Waals surface area (Å²) in [6.07, 6.45) is -3.46. The van der Waals surface area contributed by atoms with Crippen molar-refractivity contribution in [3.8, 4) is 17.3 Å². The van der Waals surface area contributed by atoms with Crippen LogP contribution in [0.4, 0.5) is 14.5 Å². The van der Waals surface area contributed by atoms with Crippen LogP contribution in [0.15, 0.2) is 41.0 Å². The first kappa shape index (κ1) is 31.4. The molecule has 0 spiro atoms. The van der Waals surface area contributed by atoms with E-state index < -0.39 is 71.8 Å². The molecule has 3 aromatic rings. The van der Waals surface area contributed by atoms with Crippen LogP contribution < -0.4 is 4.90 Å². The van der Waals surface area contributed by atoms with Crippen LogP contribution >= 0.6 is 27.5 Å². The Morgan fingerprint density at radius 1 is 1.28 bits per heavy atom. The normalized spacial score (nSPS) is 27.2. The number of ether oxygens (including phenoxy) is 2. The first-order valence-electron chi connectivity index (χ1n) is 13.3. The summed E-state index contributed by atoms with van der Waals surface area (Å²) >= 11 is 9.04. The van der Waals surface area contributed by atoms with Crippen LogP contribution in [0, 0.1) is 23.0 Å². The summed E-state index contributed by atoms with van der Waals surface area (Å²) < 4.78 is 42.1. The summed E-state index contributed by atoms with van der Waals surface area (Å²) in [7, 11) is 1.29. The lowest BCUT2D eigenvalue weighted by Crippen LogP contribution is -2.62. The van der Waals surface area contributed by atoms with Crippen molar-refractivity contribution in [1.82, 2.24) is 15.0 Å². The van der Waals surface area contributed by atoms with Crippen molar-refractivity contribution in [2.75, 3.05) is 18.6 Å². The molecule has 3 N–H and O–H groups in total. The maximum Gasteiger partial charge on any atom is 0.259 e. The number of nitriles is 1. The average Bonchev–Trinajstić information content (AvgIpc) is 3.64. The van der Waals surface area contributed by atoms with Crippen molar-refractivity contribution in [2.45, 2.75) is 61.9 Å². The van der Waals surface area contributed by atoms with Crippen LogP contribution in [-0.4, -0.2) is 86.5 Å². The zero-order valence-corrected chi connectivity index (χ0v) is 25.0. The van der Waals surface area contributed by atoms with Gasteiger partial charge in [-0.15, -0.1) is 5.10 Å². The monoisotopic (exact) mass is 681 g/mol. The zero-order valence-electron chi connectivity index (χ0n) is 22.6. The van der Waals surface area contributed by atoms with Crippen molar-refractivity contribution in [2.24, 2.45) is 0 Å². The third kappa shape index (κ3) is 5.91. The topological polar surface area (TPSA) is 154 Å². The van der Waals surface area contributed by atoms with Crippen LogP contribution in [-0.2, 0) is 14.3 Å². The molecule has 1 saturated heterocycles. The largest absolute Gasteiger partial charge is 0.394 e. The fraction of sp³-hybridized carbons (Fsp3) is 0.429. The summed E-state index contributed by atoms with van der Waals surface area (Å²) in [6.45, 7) is -0.683. The van der Waals surface area contributed by atoms with E-state index in [1.165, 1.54) is 30.3 Å². The summed E-state index contributed by atoms with van der Waals surface area (Å²) in [5.74, 6) is -3.16. The maximum absolute atomic E-state index is 14.7. The Balaban J connectivity index is 1.56. The van der Waals surface area contributed by atoms with Gasteiger partial charge < -0.3 is 29.7 Å². The van der Waals surface area contributed by atoms with E-state index in [2.05, 4.69) is 32.3 Å². The number of halogens is 4. The molecule has 1 aromatic heterocycles. The molecule has 7 atom stereocenters. The minimum absolute atomic E-state index is 0.0843. The highest BCUT2D eigenvalue weighted by molar-refractivity contribution is 9.10. The molecule has 0 radical (unpaired) electrons. The Kier molecular flexibility index (Phi) is 9.43. The maximum atomic E-state index is 14.7. The van der Waals surface area contributed by atoms with E-state index in [9.17, 15) is 34.2 Å². The molecule has 2 aliphatic rings. The lowest BCUT2D eigenvalue weighted by atomic mass is 9.91. The quantitative estimate of drug-likeness (QED) is 0.319. The number of hydrogen-bond acceptors (Lipinski definition) is 9. The van der Waals surface area contributed by atoms with Crippen LogP contribution in [0.3, 0.4) is 0 Å². The second-order valence-corrected chi connectivity index (χ2v) is 11.7. The number of amides is 1. The number of aliphatic hydroxyl groups is 3. The van der Waals surface area contributed by atoms with Gasteiger partial charge in [0.1, 0.15) is 30.0 Å². The minimum atomic E-state index is -1.47. The lowest BCUT2D eigenvalue weighted by Gasteiger charge is -2.45. The van der Waals surface area contributed by atoms with Crippen molar-refractivity contribution in [3.05, 3.63) is 63.2 Å².